The lowest BCUT2D eigenvalue weighted by Gasteiger charge is -2.49. The molecule has 0 radical (unpaired) electrons. The molecule has 3 fully saturated rings. The molecule has 3 aliphatic carbocycles. The van der Waals surface area contributed by atoms with Gasteiger partial charge in [0.25, 0.3) is 0 Å². The van der Waals surface area contributed by atoms with E-state index in [1.165, 1.54) is 43.5 Å². The Labute approximate surface area is 211 Å². The molecule has 5 nitrogen and oxygen atoms in total. The van der Waals surface area contributed by atoms with Gasteiger partial charge in [-0.05, 0) is 119 Å². The van der Waals surface area contributed by atoms with Crippen LogP contribution < -0.4 is 10.1 Å². The van der Waals surface area contributed by atoms with E-state index < -0.39 is 0 Å². The number of aryl methyl sites for hydroxylation is 1. The average molecular weight is 481 g/mol. The molecule has 0 aromatic heterocycles. The van der Waals surface area contributed by atoms with Crippen LogP contribution in [0.25, 0.3) is 0 Å². The molecule has 2 saturated carbocycles. The second-order valence-electron chi connectivity index (χ2n) is 11.9. The van der Waals surface area contributed by atoms with Gasteiger partial charge in [0, 0.05) is 30.3 Å². The predicted molar refractivity (Wildman–Crippen MR) is 139 cm³/mol. The van der Waals surface area contributed by atoms with Crippen LogP contribution in [0.15, 0.2) is 18.2 Å². The van der Waals surface area contributed by atoms with Crippen LogP contribution >= 0.6 is 0 Å². The van der Waals surface area contributed by atoms with Gasteiger partial charge in [-0.2, -0.15) is 0 Å². The van der Waals surface area contributed by atoms with Crippen molar-refractivity contribution < 1.29 is 14.3 Å². The second-order valence-corrected chi connectivity index (χ2v) is 11.9. The minimum atomic E-state index is -0.329. The number of Topliss-reactive ketones (excluding diaryl/α,β-unsaturated/α-hetero) is 1. The third kappa shape index (κ3) is 4.65. The van der Waals surface area contributed by atoms with E-state index in [2.05, 4.69) is 42.3 Å². The molecule has 5 heteroatoms. The molecule has 0 spiro atoms. The Bertz CT molecular complexity index is 946. The van der Waals surface area contributed by atoms with Crippen LogP contribution in [0.1, 0.15) is 89.2 Å². The molecule has 0 bridgehead atoms. The molecule has 0 unspecified atom stereocenters. The molecule has 5 rings (SSSR count). The Balaban J connectivity index is 1.22. The Hall–Kier alpha value is -1.88. The van der Waals surface area contributed by atoms with Crippen molar-refractivity contribution in [1.29, 1.82) is 0 Å². The summed E-state index contributed by atoms with van der Waals surface area (Å²) in [6.07, 6.45) is 9.45. The second kappa shape index (κ2) is 10.2. The number of amides is 1. The van der Waals surface area contributed by atoms with E-state index in [9.17, 15) is 9.59 Å². The van der Waals surface area contributed by atoms with Crippen LogP contribution in [0.5, 0.6) is 5.75 Å². The summed E-state index contributed by atoms with van der Waals surface area (Å²) < 4.78 is 6.16. The number of carbonyl (C=O) groups is 2. The number of carbonyl (C=O) groups excluding carboxylic acids is 2. The van der Waals surface area contributed by atoms with Gasteiger partial charge in [-0.3, -0.25) is 9.59 Å². The lowest BCUT2D eigenvalue weighted by molar-refractivity contribution is -0.130. The molecule has 1 N–H and O–H groups in total. The number of unbranched alkanes of at least 4 members (excludes halogenated alkanes) is 1. The summed E-state index contributed by atoms with van der Waals surface area (Å²) >= 11 is 0. The summed E-state index contributed by atoms with van der Waals surface area (Å²) in [6, 6.07) is 7.45. The maximum absolute atomic E-state index is 13.1. The summed E-state index contributed by atoms with van der Waals surface area (Å²) in [5, 5.41) is 3.02. The van der Waals surface area contributed by atoms with Crippen molar-refractivity contribution in [3.63, 3.8) is 0 Å². The van der Waals surface area contributed by atoms with Crippen molar-refractivity contribution in [2.45, 2.75) is 90.5 Å². The van der Waals surface area contributed by atoms with Crippen molar-refractivity contribution in [1.82, 2.24) is 10.2 Å². The fourth-order valence-electron chi connectivity index (χ4n) is 8.02. The van der Waals surface area contributed by atoms with Gasteiger partial charge in [-0.25, -0.2) is 0 Å². The summed E-state index contributed by atoms with van der Waals surface area (Å²) in [7, 11) is 0. The maximum Gasteiger partial charge on any atom is 0.223 e. The van der Waals surface area contributed by atoms with Crippen molar-refractivity contribution in [3.05, 3.63) is 29.3 Å². The highest BCUT2D eigenvalue weighted by atomic mass is 16.5. The lowest BCUT2D eigenvalue weighted by Crippen LogP contribution is -2.46. The quantitative estimate of drug-likeness (QED) is 0.525. The topological polar surface area (TPSA) is 58.6 Å². The highest BCUT2D eigenvalue weighted by molar-refractivity contribution is 5.94. The molecular formula is C30H44N2O3. The third-order valence-electron chi connectivity index (χ3n) is 9.91. The molecule has 1 heterocycles. The molecular weight excluding hydrogens is 436 g/mol. The summed E-state index contributed by atoms with van der Waals surface area (Å²) in [5.74, 6) is 2.27. The number of ketones is 1. The van der Waals surface area contributed by atoms with E-state index >= 15 is 0 Å². The van der Waals surface area contributed by atoms with Gasteiger partial charge in [0.2, 0.25) is 5.91 Å². The summed E-state index contributed by atoms with van der Waals surface area (Å²) in [5.41, 5.74) is 2.52. The number of benzene rings is 1. The van der Waals surface area contributed by atoms with Gasteiger partial charge in [-0.1, -0.05) is 13.0 Å². The number of hydrogen-bond acceptors (Lipinski definition) is 4. The SMILES string of the molecule is CCNC(=O)[C@@H]1CC(=O)[C@@]2(C)CC[C@@H]3c4ccc(OCCCCN5CCC[C@@H]5C)cc4CC[C@H]3[C@H]12. The van der Waals surface area contributed by atoms with Gasteiger partial charge in [-0.15, -0.1) is 0 Å². The zero-order valence-corrected chi connectivity index (χ0v) is 22.0. The lowest BCUT2D eigenvalue weighted by atomic mass is 9.54. The standard InChI is InChI=1S/C30H44N2O3/c1-4-31-29(34)26-19-27(33)30(3)14-13-24-23-12-10-22(18-21(23)9-11-25(24)28(26)30)35-17-6-5-15-32-16-7-8-20(32)2/h10,12,18,20,24-26,28H,4-9,11,13-17,19H2,1-3H3,(H,31,34)/t20-,24+,25+,26+,28+,30+/m0/s1. The number of fused-ring (bicyclic) bond motifs is 5. The largest absolute Gasteiger partial charge is 0.494 e. The normalized spacial score (nSPS) is 34.3. The third-order valence-corrected chi connectivity index (χ3v) is 9.91. The van der Waals surface area contributed by atoms with Gasteiger partial charge in [0.05, 0.1) is 6.61 Å². The first-order chi connectivity index (χ1) is 16.9. The fourth-order valence-corrected chi connectivity index (χ4v) is 8.02. The molecule has 6 atom stereocenters. The molecule has 1 amide bonds. The molecule has 35 heavy (non-hydrogen) atoms. The minimum Gasteiger partial charge on any atom is -0.494 e. The first-order valence-electron chi connectivity index (χ1n) is 14.2. The molecule has 1 aromatic carbocycles. The Kier molecular flexibility index (Phi) is 7.25. The first kappa shape index (κ1) is 24.8. The number of likely N-dealkylation sites (tertiary alicyclic amines) is 1. The Morgan fingerprint density at radius 2 is 2.09 bits per heavy atom. The maximum atomic E-state index is 13.1. The fraction of sp³-hybridized carbons (Fsp3) is 0.733. The van der Waals surface area contributed by atoms with Crippen molar-refractivity contribution >= 4 is 11.7 Å². The smallest absolute Gasteiger partial charge is 0.223 e. The Morgan fingerprint density at radius 3 is 2.86 bits per heavy atom. The number of hydrogen-bond donors (Lipinski definition) is 1. The van der Waals surface area contributed by atoms with Crippen molar-refractivity contribution in [2.75, 3.05) is 26.2 Å². The zero-order valence-electron chi connectivity index (χ0n) is 22.0. The molecule has 1 aromatic rings. The number of nitrogens with zero attached hydrogens (tertiary/aromatic N) is 1. The van der Waals surface area contributed by atoms with Crippen molar-refractivity contribution in [3.8, 4) is 5.75 Å². The Morgan fingerprint density at radius 1 is 1.23 bits per heavy atom. The number of nitrogens with one attached hydrogen (secondary N) is 1. The average Bonchev–Trinajstić information content (AvgIpc) is 3.38. The molecule has 192 valence electrons. The van der Waals surface area contributed by atoms with E-state index in [0.29, 0.717) is 30.6 Å². The van der Waals surface area contributed by atoms with Crippen LogP contribution in [0.4, 0.5) is 0 Å². The minimum absolute atomic E-state index is 0.0870. The van der Waals surface area contributed by atoms with Crippen LogP contribution in [0, 0.1) is 23.2 Å². The van der Waals surface area contributed by atoms with E-state index in [0.717, 1.165) is 50.5 Å². The van der Waals surface area contributed by atoms with Crippen LogP contribution in [-0.4, -0.2) is 48.9 Å². The highest BCUT2D eigenvalue weighted by Crippen LogP contribution is 2.61. The van der Waals surface area contributed by atoms with Crippen LogP contribution in [0.2, 0.25) is 0 Å². The molecule has 4 aliphatic rings. The van der Waals surface area contributed by atoms with E-state index in [-0.39, 0.29) is 23.2 Å². The van der Waals surface area contributed by atoms with Gasteiger partial charge in [0.1, 0.15) is 11.5 Å². The summed E-state index contributed by atoms with van der Waals surface area (Å²) in [4.78, 5) is 28.6. The number of rotatable bonds is 8. The molecule has 1 aliphatic heterocycles. The predicted octanol–water partition coefficient (Wildman–Crippen LogP) is 5.12. The van der Waals surface area contributed by atoms with Gasteiger partial charge in [0.15, 0.2) is 0 Å². The zero-order chi connectivity index (χ0) is 24.6. The van der Waals surface area contributed by atoms with E-state index in [4.69, 9.17) is 4.74 Å². The van der Waals surface area contributed by atoms with Gasteiger partial charge < -0.3 is 15.0 Å². The first-order valence-corrected chi connectivity index (χ1v) is 14.2. The molecule has 1 saturated heterocycles. The van der Waals surface area contributed by atoms with Crippen LogP contribution in [0.3, 0.4) is 0 Å². The van der Waals surface area contributed by atoms with Crippen molar-refractivity contribution in [2.24, 2.45) is 23.2 Å². The monoisotopic (exact) mass is 480 g/mol. The van der Waals surface area contributed by atoms with E-state index in [1.54, 1.807) is 0 Å². The van der Waals surface area contributed by atoms with E-state index in [1.807, 2.05) is 6.92 Å². The van der Waals surface area contributed by atoms with Gasteiger partial charge >= 0.3 is 0 Å². The highest BCUT2D eigenvalue weighted by Gasteiger charge is 2.60. The summed E-state index contributed by atoms with van der Waals surface area (Å²) in [6.45, 7) is 10.3. The number of ether oxygens (including phenoxy) is 1. The van der Waals surface area contributed by atoms with Crippen LogP contribution in [-0.2, 0) is 16.0 Å².